The molecule has 0 unspecified atom stereocenters. The van der Waals surface area contributed by atoms with Crippen LogP contribution < -0.4 is 14.8 Å². The van der Waals surface area contributed by atoms with Gasteiger partial charge in [0.2, 0.25) is 5.88 Å². The molecular weight excluding hydrogens is 526 g/mol. The Morgan fingerprint density at radius 1 is 1.16 bits per heavy atom. The second kappa shape index (κ2) is 9.70. The van der Waals surface area contributed by atoms with Crippen LogP contribution >= 0.6 is 22.9 Å². The highest BCUT2D eigenvalue weighted by molar-refractivity contribution is 7.22. The first-order valence-electron chi connectivity index (χ1n) is 11.8. The summed E-state index contributed by atoms with van der Waals surface area (Å²) in [5.41, 5.74) is 6.50. The standard InChI is InChI=1S/C27H22ClN5O4S/c1-13-6-18(23-20(7-13)32-22(35-3)11-30-23)26-33-24-19(28)9-21-17(25(24)38-26)8-16(37-21)12-36-27(34)31-15-5-4-14(2)29-10-15/h4-7,9-11,16H,8,12H2,1-3H3,(H,31,34)/t16-/m0/s1. The molecule has 0 aliphatic carbocycles. The van der Waals surface area contributed by atoms with E-state index in [-0.39, 0.29) is 12.7 Å². The first kappa shape index (κ1) is 24.3. The lowest BCUT2D eigenvalue weighted by Gasteiger charge is -2.12. The molecule has 1 aliphatic heterocycles. The molecule has 192 valence electrons. The predicted octanol–water partition coefficient (Wildman–Crippen LogP) is 6.13. The minimum Gasteiger partial charge on any atom is -0.486 e. The molecule has 3 aromatic heterocycles. The van der Waals surface area contributed by atoms with Crippen molar-refractivity contribution in [2.45, 2.75) is 26.4 Å². The van der Waals surface area contributed by atoms with E-state index in [0.717, 1.165) is 43.1 Å². The number of hydrogen-bond acceptors (Lipinski definition) is 9. The van der Waals surface area contributed by atoms with E-state index in [1.54, 1.807) is 31.6 Å². The number of halogens is 1. The van der Waals surface area contributed by atoms with Crippen LogP contribution in [-0.2, 0) is 11.2 Å². The number of ether oxygens (including phenoxy) is 3. The molecule has 1 atom stereocenters. The van der Waals surface area contributed by atoms with Crippen molar-refractivity contribution in [2.24, 2.45) is 0 Å². The van der Waals surface area contributed by atoms with E-state index in [1.165, 1.54) is 11.3 Å². The number of aryl methyl sites for hydroxylation is 2. The zero-order valence-corrected chi connectivity index (χ0v) is 22.3. The smallest absolute Gasteiger partial charge is 0.411 e. The second-order valence-electron chi connectivity index (χ2n) is 8.98. The van der Waals surface area contributed by atoms with Crippen molar-refractivity contribution in [3.8, 4) is 22.2 Å². The van der Waals surface area contributed by atoms with Gasteiger partial charge in [-0.15, -0.1) is 11.3 Å². The largest absolute Gasteiger partial charge is 0.486 e. The summed E-state index contributed by atoms with van der Waals surface area (Å²) in [4.78, 5) is 30.4. The number of thiazole rings is 1. The van der Waals surface area contributed by atoms with Gasteiger partial charge in [0.1, 0.15) is 29.0 Å². The Balaban J connectivity index is 1.25. The third-order valence-corrected chi connectivity index (χ3v) is 7.61. The minimum atomic E-state index is -0.567. The van der Waals surface area contributed by atoms with Crippen LogP contribution in [-0.4, -0.2) is 45.8 Å². The SMILES string of the molecule is COc1cnc2c(-c3nc4c(Cl)cc5c(c4s3)C[C@@H](COC(=O)Nc3ccc(C)nc3)O5)cc(C)cc2n1. The molecule has 0 bridgehead atoms. The van der Waals surface area contributed by atoms with Crippen molar-refractivity contribution in [1.29, 1.82) is 0 Å². The van der Waals surface area contributed by atoms with Crippen LogP contribution in [0, 0.1) is 13.8 Å². The highest BCUT2D eigenvalue weighted by Gasteiger charge is 2.29. The fourth-order valence-corrected chi connectivity index (χ4v) is 5.85. The van der Waals surface area contributed by atoms with Gasteiger partial charge in [-0.05, 0) is 43.7 Å². The van der Waals surface area contributed by atoms with Crippen molar-refractivity contribution in [2.75, 3.05) is 19.0 Å². The van der Waals surface area contributed by atoms with Gasteiger partial charge in [0, 0.05) is 29.3 Å². The number of rotatable bonds is 5. The van der Waals surface area contributed by atoms with Gasteiger partial charge in [0.15, 0.2) is 0 Å². The van der Waals surface area contributed by atoms with Crippen LogP contribution in [0.4, 0.5) is 10.5 Å². The normalized spacial score (nSPS) is 14.4. The maximum absolute atomic E-state index is 12.3. The van der Waals surface area contributed by atoms with Crippen LogP contribution in [0.5, 0.6) is 11.6 Å². The van der Waals surface area contributed by atoms with Gasteiger partial charge < -0.3 is 14.2 Å². The van der Waals surface area contributed by atoms with Gasteiger partial charge in [-0.1, -0.05) is 11.6 Å². The van der Waals surface area contributed by atoms with Gasteiger partial charge in [0.25, 0.3) is 0 Å². The fourth-order valence-electron chi connectivity index (χ4n) is 4.40. The number of carbonyl (C=O) groups excluding carboxylic acids is 1. The van der Waals surface area contributed by atoms with Crippen molar-refractivity contribution in [3.05, 3.63) is 64.6 Å². The van der Waals surface area contributed by atoms with E-state index in [1.807, 2.05) is 32.0 Å². The van der Waals surface area contributed by atoms with E-state index in [9.17, 15) is 4.79 Å². The first-order valence-corrected chi connectivity index (χ1v) is 13.0. The summed E-state index contributed by atoms with van der Waals surface area (Å²) in [5.74, 6) is 1.13. The summed E-state index contributed by atoms with van der Waals surface area (Å²) < 4.78 is 17.7. The Kier molecular flexibility index (Phi) is 6.21. The van der Waals surface area contributed by atoms with Crippen LogP contribution in [0.1, 0.15) is 16.8 Å². The lowest BCUT2D eigenvalue weighted by atomic mass is 10.1. The summed E-state index contributed by atoms with van der Waals surface area (Å²) in [5, 5.41) is 3.96. The van der Waals surface area contributed by atoms with Gasteiger partial charge in [0.05, 0.1) is 45.9 Å². The van der Waals surface area contributed by atoms with E-state index in [4.69, 9.17) is 30.8 Å². The molecule has 38 heavy (non-hydrogen) atoms. The highest BCUT2D eigenvalue weighted by atomic mass is 35.5. The topological polar surface area (TPSA) is 108 Å². The van der Waals surface area contributed by atoms with Crippen molar-refractivity contribution in [3.63, 3.8) is 0 Å². The molecule has 9 nitrogen and oxygen atoms in total. The molecule has 2 aromatic carbocycles. The summed E-state index contributed by atoms with van der Waals surface area (Å²) in [6.07, 6.45) is 2.84. The fraction of sp³-hybridized carbons (Fsp3) is 0.222. The van der Waals surface area contributed by atoms with Gasteiger partial charge >= 0.3 is 6.09 Å². The molecule has 0 saturated carbocycles. The lowest BCUT2D eigenvalue weighted by molar-refractivity contribution is 0.102. The van der Waals surface area contributed by atoms with Gasteiger partial charge in [-0.2, -0.15) is 0 Å². The molecular formula is C27H22ClN5O4S. The van der Waals surface area contributed by atoms with Gasteiger partial charge in [-0.3, -0.25) is 10.3 Å². The third-order valence-electron chi connectivity index (χ3n) is 6.17. The molecule has 5 aromatic rings. The quantitative estimate of drug-likeness (QED) is 0.280. The van der Waals surface area contributed by atoms with Crippen molar-refractivity contribution >= 4 is 56.0 Å². The maximum Gasteiger partial charge on any atom is 0.411 e. The number of nitrogens with zero attached hydrogens (tertiary/aromatic N) is 4. The van der Waals surface area contributed by atoms with E-state index in [2.05, 4.69) is 20.3 Å². The summed E-state index contributed by atoms with van der Waals surface area (Å²) in [6, 6.07) is 9.37. The van der Waals surface area contributed by atoms with E-state index >= 15 is 0 Å². The Labute approximate surface area is 226 Å². The number of methoxy groups -OCH3 is 1. The number of anilines is 1. The summed E-state index contributed by atoms with van der Waals surface area (Å²) >= 11 is 8.16. The average molecular weight is 548 g/mol. The molecule has 11 heteroatoms. The Hall–Kier alpha value is -4.02. The van der Waals surface area contributed by atoms with Crippen LogP contribution in [0.2, 0.25) is 5.02 Å². The molecule has 1 N–H and O–H groups in total. The number of aromatic nitrogens is 4. The van der Waals surface area contributed by atoms with Gasteiger partial charge in [-0.25, -0.2) is 19.7 Å². The molecule has 0 spiro atoms. The lowest BCUT2D eigenvalue weighted by Crippen LogP contribution is -2.25. The highest BCUT2D eigenvalue weighted by Crippen LogP contribution is 2.44. The molecule has 4 heterocycles. The molecule has 6 rings (SSSR count). The van der Waals surface area contributed by atoms with Crippen molar-refractivity contribution < 1.29 is 19.0 Å². The third kappa shape index (κ3) is 4.57. The molecule has 0 radical (unpaired) electrons. The monoisotopic (exact) mass is 547 g/mol. The minimum absolute atomic E-state index is 0.0878. The average Bonchev–Trinajstić information content (AvgIpc) is 3.53. The number of fused-ring (bicyclic) bond motifs is 4. The molecule has 0 saturated heterocycles. The first-order chi connectivity index (χ1) is 18.4. The van der Waals surface area contributed by atoms with Crippen molar-refractivity contribution in [1.82, 2.24) is 19.9 Å². The zero-order valence-electron chi connectivity index (χ0n) is 20.7. The Morgan fingerprint density at radius 2 is 2.03 bits per heavy atom. The summed E-state index contributed by atoms with van der Waals surface area (Å²) in [6.45, 7) is 3.97. The Morgan fingerprint density at radius 3 is 2.82 bits per heavy atom. The predicted molar refractivity (Wildman–Crippen MR) is 147 cm³/mol. The zero-order chi connectivity index (χ0) is 26.4. The number of carbonyl (C=O) groups is 1. The number of benzene rings is 2. The van der Waals surface area contributed by atoms with Crippen LogP contribution in [0.25, 0.3) is 31.8 Å². The number of pyridine rings is 1. The maximum atomic E-state index is 12.3. The second-order valence-corrected chi connectivity index (χ2v) is 10.4. The van der Waals surface area contributed by atoms with Crippen LogP contribution in [0.15, 0.2) is 42.7 Å². The molecule has 0 fully saturated rings. The summed E-state index contributed by atoms with van der Waals surface area (Å²) in [7, 11) is 1.57. The number of hydrogen-bond donors (Lipinski definition) is 1. The number of amides is 1. The number of nitrogens with one attached hydrogen (secondary N) is 1. The van der Waals surface area contributed by atoms with E-state index in [0.29, 0.717) is 34.3 Å². The molecule has 1 aliphatic rings. The van der Waals surface area contributed by atoms with Crippen LogP contribution in [0.3, 0.4) is 0 Å². The Bertz CT molecular complexity index is 1710. The van der Waals surface area contributed by atoms with E-state index < -0.39 is 6.09 Å². The molecule has 1 amide bonds.